The molecular formula is C12H14BrNO3S. The van der Waals surface area contributed by atoms with Crippen LogP contribution >= 0.6 is 27.7 Å². The second-order valence-electron chi connectivity index (χ2n) is 3.74. The second kappa shape index (κ2) is 7.43. The number of nitrogens with one attached hydrogen (secondary N) is 1. The minimum atomic E-state index is -1.01. The second-order valence-corrected chi connectivity index (χ2v) is 5.68. The lowest BCUT2D eigenvalue weighted by atomic mass is 10.2. The number of benzene rings is 1. The highest BCUT2D eigenvalue weighted by Gasteiger charge is 2.17. The Kier molecular flexibility index (Phi) is 6.21. The standard InChI is InChI=1S/C12H14BrNO3S/c1-8(15)14-11(12(16)17)7-18-6-9-3-2-4-10(13)5-9/h2-5,11H,6-7H2,1H3,(H,14,15)(H,16,17)/t11-/m0/s1. The Bertz CT molecular complexity index is 439. The topological polar surface area (TPSA) is 66.4 Å². The molecule has 0 aliphatic carbocycles. The van der Waals surface area contributed by atoms with E-state index in [9.17, 15) is 9.59 Å². The molecule has 1 aromatic rings. The molecule has 1 rings (SSSR count). The van der Waals surface area contributed by atoms with Gasteiger partial charge in [-0.1, -0.05) is 28.1 Å². The maximum Gasteiger partial charge on any atom is 0.327 e. The largest absolute Gasteiger partial charge is 0.480 e. The fourth-order valence-electron chi connectivity index (χ4n) is 1.34. The molecule has 0 spiro atoms. The van der Waals surface area contributed by atoms with Crippen LogP contribution in [0.4, 0.5) is 0 Å². The van der Waals surface area contributed by atoms with E-state index in [4.69, 9.17) is 5.11 Å². The first-order valence-electron chi connectivity index (χ1n) is 5.31. The number of halogens is 1. The van der Waals surface area contributed by atoms with E-state index >= 15 is 0 Å². The van der Waals surface area contributed by atoms with E-state index in [0.29, 0.717) is 11.5 Å². The van der Waals surface area contributed by atoms with Gasteiger partial charge in [-0.05, 0) is 17.7 Å². The van der Waals surface area contributed by atoms with E-state index in [1.54, 1.807) is 0 Å². The zero-order valence-corrected chi connectivity index (χ0v) is 12.3. The zero-order chi connectivity index (χ0) is 13.5. The number of carboxylic acids is 1. The van der Waals surface area contributed by atoms with Gasteiger partial charge < -0.3 is 10.4 Å². The highest BCUT2D eigenvalue weighted by atomic mass is 79.9. The Morgan fingerprint density at radius 1 is 1.50 bits per heavy atom. The van der Waals surface area contributed by atoms with Crippen molar-refractivity contribution in [3.8, 4) is 0 Å². The minimum Gasteiger partial charge on any atom is -0.480 e. The number of hydrogen-bond acceptors (Lipinski definition) is 3. The van der Waals surface area contributed by atoms with Crippen molar-refractivity contribution in [3.63, 3.8) is 0 Å². The molecule has 6 heteroatoms. The average Bonchev–Trinajstić information content (AvgIpc) is 2.27. The average molecular weight is 332 g/mol. The maximum absolute atomic E-state index is 10.9. The van der Waals surface area contributed by atoms with Gasteiger partial charge in [0.2, 0.25) is 5.91 Å². The molecule has 1 amide bonds. The van der Waals surface area contributed by atoms with Gasteiger partial charge in [-0.3, -0.25) is 4.79 Å². The van der Waals surface area contributed by atoms with Crippen LogP contribution in [0.3, 0.4) is 0 Å². The molecule has 4 nitrogen and oxygen atoms in total. The third-order valence-corrected chi connectivity index (χ3v) is 3.72. The summed E-state index contributed by atoms with van der Waals surface area (Å²) in [5.41, 5.74) is 1.11. The van der Waals surface area contributed by atoms with Crippen molar-refractivity contribution in [1.29, 1.82) is 0 Å². The molecule has 0 saturated heterocycles. The van der Waals surface area contributed by atoms with Crippen molar-refractivity contribution in [1.82, 2.24) is 5.32 Å². The van der Waals surface area contributed by atoms with Crippen molar-refractivity contribution < 1.29 is 14.7 Å². The maximum atomic E-state index is 10.9. The molecule has 0 saturated carbocycles. The number of thioether (sulfide) groups is 1. The molecule has 0 fully saturated rings. The van der Waals surface area contributed by atoms with Crippen molar-refractivity contribution in [2.45, 2.75) is 18.7 Å². The Morgan fingerprint density at radius 3 is 2.78 bits per heavy atom. The molecule has 0 unspecified atom stereocenters. The Balaban J connectivity index is 2.43. The molecule has 98 valence electrons. The summed E-state index contributed by atoms with van der Waals surface area (Å²) in [6, 6.07) is 7.00. The van der Waals surface area contributed by atoms with E-state index in [1.807, 2.05) is 24.3 Å². The molecule has 0 heterocycles. The van der Waals surface area contributed by atoms with Crippen LogP contribution in [0.2, 0.25) is 0 Å². The predicted molar refractivity (Wildman–Crippen MR) is 75.5 cm³/mol. The van der Waals surface area contributed by atoms with Crippen LogP contribution in [-0.4, -0.2) is 28.8 Å². The molecule has 0 bridgehead atoms. The predicted octanol–water partition coefficient (Wildman–Crippen LogP) is 2.27. The number of carboxylic acid groups (broad SMARTS) is 1. The van der Waals surface area contributed by atoms with E-state index in [2.05, 4.69) is 21.2 Å². The third kappa shape index (κ3) is 5.55. The van der Waals surface area contributed by atoms with Gasteiger partial charge in [0.15, 0.2) is 0 Å². The van der Waals surface area contributed by atoms with Crippen LogP contribution < -0.4 is 5.32 Å². The normalized spacial score (nSPS) is 11.9. The van der Waals surface area contributed by atoms with Crippen LogP contribution in [0.25, 0.3) is 0 Å². The van der Waals surface area contributed by atoms with Crippen LogP contribution in [0.5, 0.6) is 0 Å². The fourth-order valence-corrected chi connectivity index (χ4v) is 2.78. The number of carbonyl (C=O) groups is 2. The molecular weight excluding hydrogens is 318 g/mol. The molecule has 0 aliphatic heterocycles. The van der Waals surface area contributed by atoms with Gasteiger partial charge >= 0.3 is 5.97 Å². The number of amides is 1. The summed E-state index contributed by atoms with van der Waals surface area (Å²) >= 11 is 4.86. The smallest absolute Gasteiger partial charge is 0.327 e. The molecule has 1 aromatic carbocycles. The molecule has 2 N–H and O–H groups in total. The number of rotatable bonds is 6. The highest BCUT2D eigenvalue weighted by Crippen LogP contribution is 2.17. The molecule has 18 heavy (non-hydrogen) atoms. The summed E-state index contributed by atoms with van der Waals surface area (Å²) in [5, 5.41) is 11.3. The van der Waals surface area contributed by atoms with Gasteiger partial charge in [0.1, 0.15) is 6.04 Å². The van der Waals surface area contributed by atoms with E-state index in [-0.39, 0.29) is 5.91 Å². The van der Waals surface area contributed by atoms with Gasteiger partial charge in [-0.15, -0.1) is 0 Å². The highest BCUT2D eigenvalue weighted by molar-refractivity contribution is 9.10. The zero-order valence-electron chi connectivity index (χ0n) is 9.85. The lowest BCUT2D eigenvalue weighted by Crippen LogP contribution is -2.41. The van der Waals surface area contributed by atoms with Crippen LogP contribution in [0.1, 0.15) is 12.5 Å². The van der Waals surface area contributed by atoms with Gasteiger partial charge in [0, 0.05) is 22.9 Å². The Labute approximate surface area is 118 Å². The first kappa shape index (κ1) is 15.0. The van der Waals surface area contributed by atoms with Gasteiger partial charge in [0.05, 0.1) is 0 Å². The summed E-state index contributed by atoms with van der Waals surface area (Å²) in [4.78, 5) is 21.7. The molecule has 0 radical (unpaired) electrons. The van der Waals surface area contributed by atoms with Crippen molar-refractivity contribution in [2.75, 3.05) is 5.75 Å². The van der Waals surface area contributed by atoms with Crippen molar-refractivity contribution in [2.24, 2.45) is 0 Å². The molecule has 0 aliphatic rings. The lowest BCUT2D eigenvalue weighted by Gasteiger charge is -2.12. The van der Waals surface area contributed by atoms with Crippen molar-refractivity contribution in [3.05, 3.63) is 34.3 Å². The molecule has 0 aromatic heterocycles. The van der Waals surface area contributed by atoms with E-state index in [0.717, 1.165) is 10.0 Å². The monoisotopic (exact) mass is 331 g/mol. The quantitative estimate of drug-likeness (QED) is 0.839. The van der Waals surface area contributed by atoms with Gasteiger partial charge in [-0.2, -0.15) is 11.8 Å². The summed E-state index contributed by atoms with van der Waals surface area (Å²) in [7, 11) is 0. The summed E-state index contributed by atoms with van der Waals surface area (Å²) in [6.45, 7) is 1.31. The minimum absolute atomic E-state index is 0.328. The first-order chi connectivity index (χ1) is 8.49. The van der Waals surface area contributed by atoms with Crippen LogP contribution in [0.15, 0.2) is 28.7 Å². The van der Waals surface area contributed by atoms with Crippen molar-refractivity contribution >= 4 is 39.6 Å². The fraction of sp³-hybridized carbons (Fsp3) is 0.333. The number of carbonyl (C=O) groups excluding carboxylic acids is 1. The first-order valence-corrected chi connectivity index (χ1v) is 7.26. The summed E-state index contributed by atoms with van der Waals surface area (Å²) in [6.07, 6.45) is 0. The summed E-state index contributed by atoms with van der Waals surface area (Å²) in [5.74, 6) is -0.276. The molecule has 1 atom stereocenters. The Morgan fingerprint density at radius 2 is 2.22 bits per heavy atom. The third-order valence-electron chi connectivity index (χ3n) is 2.12. The number of hydrogen-bond donors (Lipinski definition) is 2. The lowest BCUT2D eigenvalue weighted by molar-refractivity contribution is -0.140. The SMILES string of the molecule is CC(=O)N[C@@H](CSCc1cccc(Br)c1)C(=O)O. The Hall–Kier alpha value is -1.01. The van der Waals surface area contributed by atoms with Crippen LogP contribution in [0, 0.1) is 0 Å². The van der Waals surface area contributed by atoms with E-state index in [1.165, 1.54) is 18.7 Å². The van der Waals surface area contributed by atoms with E-state index < -0.39 is 12.0 Å². The van der Waals surface area contributed by atoms with Crippen LogP contribution in [-0.2, 0) is 15.3 Å². The summed E-state index contributed by atoms with van der Waals surface area (Å²) < 4.78 is 0.997. The van der Waals surface area contributed by atoms with Gasteiger partial charge in [-0.25, -0.2) is 4.79 Å². The van der Waals surface area contributed by atoms with Gasteiger partial charge in [0.25, 0.3) is 0 Å². The number of aliphatic carboxylic acids is 1.